The first kappa shape index (κ1) is 68.0. The van der Waals surface area contributed by atoms with Gasteiger partial charge in [0.15, 0.2) is 6.10 Å². The number of hydrogen-bond donors (Lipinski definition) is 0. The number of rotatable bonds is 50. The van der Waals surface area contributed by atoms with E-state index >= 15 is 0 Å². The third kappa shape index (κ3) is 57.8. The molecule has 0 saturated heterocycles. The van der Waals surface area contributed by atoms with Crippen molar-refractivity contribution >= 4 is 17.9 Å². The van der Waals surface area contributed by atoms with Gasteiger partial charge in [0.05, 0.1) is 0 Å². The first-order chi connectivity index (χ1) is 36.0. The Labute approximate surface area is 448 Å². The maximum absolute atomic E-state index is 12.9. The number of hydrogen-bond acceptors (Lipinski definition) is 6. The van der Waals surface area contributed by atoms with Crippen molar-refractivity contribution < 1.29 is 28.6 Å². The van der Waals surface area contributed by atoms with Crippen LogP contribution in [0.4, 0.5) is 0 Å². The molecule has 0 bridgehead atoms. The molecule has 0 spiro atoms. The Morgan fingerprint density at radius 3 is 0.918 bits per heavy atom. The third-order valence-electron chi connectivity index (χ3n) is 11.5. The Hall–Kier alpha value is -4.97. The summed E-state index contributed by atoms with van der Waals surface area (Å²) >= 11 is 0. The largest absolute Gasteiger partial charge is 0.462 e. The normalized spacial score (nSPS) is 13.3. The highest BCUT2D eigenvalue weighted by Crippen LogP contribution is 2.12. The third-order valence-corrected chi connectivity index (χ3v) is 11.5. The van der Waals surface area contributed by atoms with E-state index in [9.17, 15) is 14.4 Å². The van der Waals surface area contributed by atoms with E-state index in [1.807, 2.05) is 12.2 Å². The number of carbonyl (C=O) groups excluding carboxylic acids is 3. The standard InChI is InChI=1S/C67H104O6/c1-4-7-10-13-16-19-22-25-27-29-31-32-33-34-36-37-39-42-45-48-51-54-57-60-66(69)72-63-64(62-71-65(68)59-56-53-50-47-44-41-24-21-18-15-12-9-6-3)73-67(70)61-58-55-52-49-46-43-40-38-35-30-28-26-23-20-17-14-11-8-5-2/h7,9-10,12,16-21,25-28,31-32,34-36,38-39,41-42,44,50,53,64H,4-6,8,11,13-15,22-24,29-30,33,37,40,43,45-49,51-52,54-63H2,1-3H3/b10-7-,12-9-,19-16-,20-17-,21-18-,27-25-,28-26-,32-31-,36-34-,38-35-,42-39-,44-41-,53-50-. The molecular formula is C67H104O6. The van der Waals surface area contributed by atoms with Crippen LogP contribution in [0.25, 0.3) is 0 Å². The Balaban J connectivity index is 4.53. The van der Waals surface area contributed by atoms with Crippen LogP contribution >= 0.6 is 0 Å². The number of unbranched alkanes of at least 4 members (excludes halogenated alkanes) is 13. The maximum atomic E-state index is 12.9. The molecular weight excluding hydrogens is 901 g/mol. The molecule has 73 heavy (non-hydrogen) atoms. The molecule has 0 fully saturated rings. The van der Waals surface area contributed by atoms with Crippen molar-refractivity contribution in [3.8, 4) is 0 Å². The fourth-order valence-electron chi connectivity index (χ4n) is 7.23. The summed E-state index contributed by atoms with van der Waals surface area (Å²) in [7, 11) is 0. The molecule has 1 unspecified atom stereocenters. The van der Waals surface area contributed by atoms with Gasteiger partial charge in [-0.2, -0.15) is 0 Å². The van der Waals surface area contributed by atoms with Gasteiger partial charge in [-0.05, 0) is 135 Å². The average Bonchev–Trinajstić information content (AvgIpc) is 3.39. The zero-order valence-corrected chi connectivity index (χ0v) is 46.6. The highest BCUT2D eigenvalue weighted by atomic mass is 16.6. The van der Waals surface area contributed by atoms with E-state index in [0.717, 1.165) is 141 Å². The van der Waals surface area contributed by atoms with E-state index in [4.69, 9.17) is 14.2 Å². The minimum Gasteiger partial charge on any atom is -0.462 e. The summed E-state index contributed by atoms with van der Waals surface area (Å²) in [6.07, 6.45) is 86.7. The Morgan fingerprint density at radius 1 is 0.288 bits per heavy atom. The van der Waals surface area contributed by atoms with Gasteiger partial charge in [-0.3, -0.25) is 14.4 Å². The summed E-state index contributed by atoms with van der Waals surface area (Å²) in [5.41, 5.74) is 0. The van der Waals surface area contributed by atoms with Gasteiger partial charge in [0, 0.05) is 19.3 Å². The maximum Gasteiger partial charge on any atom is 0.306 e. The lowest BCUT2D eigenvalue weighted by molar-refractivity contribution is -0.166. The van der Waals surface area contributed by atoms with E-state index < -0.39 is 6.10 Å². The van der Waals surface area contributed by atoms with E-state index in [0.29, 0.717) is 12.8 Å². The molecule has 0 saturated carbocycles. The summed E-state index contributed by atoms with van der Waals surface area (Å²) in [5, 5.41) is 0. The second-order valence-corrected chi connectivity index (χ2v) is 18.4. The summed E-state index contributed by atoms with van der Waals surface area (Å²) in [6.45, 7) is 6.27. The van der Waals surface area contributed by atoms with Crippen molar-refractivity contribution in [3.05, 3.63) is 158 Å². The Kier molecular flexibility index (Phi) is 55.5. The van der Waals surface area contributed by atoms with Gasteiger partial charge in [0.1, 0.15) is 13.2 Å². The average molecular weight is 1010 g/mol. The van der Waals surface area contributed by atoms with Crippen LogP contribution in [0, 0.1) is 0 Å². The molecule has 408 valence electrons. The summed E-state index contributed by atoms with van der Waals surface area (Å²) in [4.78, 5) is 38.1. The van der Waals surface area contributed by atoms with Gasteiger partial charge < -0.3 is 14.2 Å². The molecule has 0 aromatic carbocycles. The monoisotopic (exact) mass is 1000 g/mol. The SMILES string of the molecule is CC/C=C\C/C=C\C/C=C\C/C=C\C/C=C\C/C=C\CCCCCCC(=O)OCC(COC(=O)CC/C=C\C/C=C\C/C=C\C/C=C\CC)OC(=O)CCCCCCCC/C=C\C/C=C\C/C=C\CCCCC. The van der Waals surface area contributed by atoms with E-state index in [1.54, 1.807) is 0 Å². The predicted octanol–water partition coefficient (Wildman–Crippen LogP) is 19.8. The molecule has 0 aromatic rings. The second-order valence-electron chi connectivity index (χ2n) is 18.4. The summed E-state index contributed by atoms with van der Waals surface area (Å²) in [6, 6.07) is 0. The van der Waals surface area contributed by atoms with Crippen molar-refractivity contribution in [2.24, 2.45) is 0 Å². The van der Waals surface area contributed by atoms with Gasteiger partial charge in [-0.1, -0.05) is 230 Å². The van der Waals surface area contributed by atoms with E-state index in [2.05, 4.69) is 167 Å². The minimum atomic E-state index is -0.833. The lowest BCUT2D eigenvalue weighted by atomic mass is 10.1. The molecule has 0 aromatic heterocycles. The van der Waals surface area contributed by atoms with Gasteiger partial charge in [-0.15, -0.1) is 0 Å². The Morgan fingerprint density at radius 2 is 0.562 bits per heavy atom. The van der Waals surface area contributed by atoms with E-state index in [-0.39, 0.29) is 44.0 Å². The molecule has 0 heterocycles. The fraction of sp³-hybridized carbons (Fsp3) is 0.567. The van der Waals surface area contributed by atoms with Crippen molar-refractivity contribution in [2.45, 2.75) is 232 Å². The minimum absolute atomic E-state index is 0.126. The second kappa shape index (κ2) is 59.6. The molecule has 1 atom stereocenters. The Bertz CT molecular complexity index is 1670. The van der Waals surface area contributed by atoms with E-state index in [1.165, 1.54) is 38.5 Å². The van der Waals surface area contributed by atoms with Crippen molar-refractivity contribution in [1.82, 2.24) is 0 Å². The lowest BCUT2D eigenvalue weighted by Crippen LogP contribution is -2.30. The molecule has 6 heteroatoms. The van der Waals surface area contributed by atoms with Gasteiger partial charge >= 0.3 is 17.9 Å². The first-order valence-corrected chi connectivity index (χ1v) is 29.0. The van der Waals surface area contributed by atoms with Crippen LogP contribution in [-0.2, 0) is 28.6 Å². The zero-order valence-electron chi connectivity index (χ0n) is 46.6. The predicted molar refractivity (Wildman–Crippen MR) is 315 cm³/mol. The molecule has 0 rings (SSSR count). The van der Waals surface area contributed by atoms with Crippen LogP contribution in [0.2, 0.25) is 0 Å². The molecule has 0 aliphatic rings. The summed E-state index contributed by atoms with van der Waals surface area (Å²) in [5.74, 6) is -1.05. The van der Waals surface area contributed by atoms with Crippen molar-refractivity contribution in [2.75, 3.05) is 13.2 Å². The van der Waals surface area contributed by atoms with Crippen LogP contribution in [0.1, 0.15) is 226 Å². The molecule has 0 aliphatic heterocycles. The molecule has 6 nitrogen and oxygen atoms in total. The molecule has 0 radical (unpaired) electrons. The highest BCUT2D eigenvalue weighted by molar-refractivity contribution is 5.71. The number of ether oxygens (including phenoxy) is 3. The smallest absolute Gasteiger partial charge is 0.306 e. The van der Waals surface area contributed by atoms with Crippen LogP contribution in [0.5, 0.6) is 0 Å². The zero-order chi connectivity index (χ0) is 52.9. The van der Waals surface area contributed by atoms with Gasteiger partial charge in [-0.25, -0.2) is 0 Å². The fourth-order valence-corrected chi connectivity index (χ4v) is 7.23. The lowest BCUT2D eigenvalue weighted by Gasteiger charge is -2.18. The molecule has 0 aliphatic carbocycles. The van der Waals surface area contributed by atoms with Crippen LogP contribution in [0.3, 0.4) is 0 Å². The van der Waals surface area contributed by atoms with Crippen molar-refractivity contribution in [1.29, 1.82) is 0 Å². The number of allylic oxidation sites excluding steroid dienone is 26. The molecule has 0 N–H and O–H groups in total. The highest BCUT2D eigenvalue weighted by Gasteiger charge is 2.19. The van der Waals surface area contributed by atoms with Crippen LogP contribution < -0.4 is 0 Å². The van der Waals surface area contributed by atoms with Gasteiger partial charge in [0.2, 0.25) is 0 Å². The summed E-state index contributed by atoms with van der Waals surface area (Å²) < 4.78 is 16.8. The molecule has 0 amide bonds. The van der Waals surface area contributed by atoms with Crippen LogP contribution in [0.15, 0.2) is 158 Å². The van der Waals surface area contributed by atoms with Crippen molar-refractivity contribution in [3.63, 3.8) is 0 Å². The topological polar surface area (TPSA) is 78.9 Å². The van der Waals surface area contributed by atoms with Crippen LogP contribution in [-0.4, -0.2) is 37.2 Å². The van der Waals surface area contributed by atoms with Gasteiger partial charge in [0.25, 0.3) is 0 Å². The number of esters is 3. The first-order valence-electron chi connectivity index (χ1n) is 29.0. The quantitative estimate of drug-likeness (QED) is 0.0261. The number of carbonyl (C=O) groups is 3.